The Hall–Kier alpha value is -0.383. The van der Waals surface area contributed by atoms with Crippen molar-refractivity contribution in [3.05, 3.63) is 21.5 Å². The second-order valence-electron chi connectivity index (χ2n) is 7.29. The van der Waals surface area contributed by atoms with Crippen molar-refractivity contribution >= 4 is 8.56 Å². The van der Waals surface area contributed by atoms with E-state index in [1.807, 2.05) is 14.2 Å². The summed E-state index contributed by atoms with van der Waals surface area (Å²) >= 11 is 0. The highest BCUT2D eigenvalue weighted by molar-refractivity contribution is 6.82. The minimum Gasteiger partial charge on any atom is -0.391 e. The van der Waals surface area contributed by atoms with E-state index in [4.69, 9.17) is 8.85 Å². The molecule has 0 amide bonds. The van der Waals surface area contributed by atoms with Gasteiger partial charge in [0.15, 0.2) is 0 Å². The third-order valence-electron chi connectivity index (χ3n) is 6.01. The zero-order chi connectivity index (χ0) is 15.9. The predicted octanol–water partition coefficient (Wildman–Crippen LogP) is 4.78. The summed E-state index contributed by atoms with van der Waals surface area (Å²) in [5.41, 5.74) is 3.04. The summed E-state index contributed by atoms with van der Waals surface area (Å²) in [5, 5.41) is 3.02. The number of rotatable bonds is 4. The van der Waals surface area contributed by atoms with Crippen LogP contribution in [0.1, 0.15) is 54.4 Å². The van der Waals surface area contributed by atoms with E-state index >= 15 is 0 Å². The molecule has 2 nitrogen and oxygen atoms in total. The van der Waals surface area contributed by atoms with Gasteiger partial charge in [-0.25, -0.2) is 0 Å². The maximum atomic E-state index is 6.23. The standard InChI is InChI=1S/C18H32O2Si/c1-11-9-13(3)17(15(11)5)21(19-7,20-8)18-14(4)10-12(2)16(18)6/h11-14H,9-10H2,1-8H3. The lowest BCUT2D eigenvalue weighted by atomic mass is 10.0. The molecule has 0 spiro atoms. The van der Waals surface area contributed by atoms with Crippen LogP contribution in [-0.2, 0) is 8.85 Å². The van der Waals surface area contributed by atoms with E-state index in [1.165, 1.54) is 34.4 Å². The molecule has 0 aliphatic heterocycles. The molecule has 2 rings (SSSR count). The Balaban J connectivity index is 2.63. The van der Waals surface area contributed by atoms with Crippen LogP contribution in [0.4, 0.5) is 0 Å². The maximum absolute atomic E-state index is 6.23. The van der Waals surface area contributed by atoms with Gasteiger partial charge in [-0.3, -0.25) is 0 Å². The first-order chi connectivity index (χ1) is 9.80. The molecule has 3 heteroatoms. The Bertz CT molecular complexity index is 434. The van der Waals surface area contributed by atoms with Crippen LogP contribution >= 0.6 is 0 Å². The second kappa shape index (κ2) is 6.02. The molecule has 0 heterocycles. The van der Waals surface area contributed by atoms with Gasteiger partial charge in [0.1, 0.15) is 0 Å². The maximum Gasteiger partial charge on any atom is 0.398 e. The second-order valence-corrected chi connectivity index (χ2v) is 10.4. The van der Waals surface area contributed by atoms with Crippen molar-refractivity contribution in [1.29, 1.82) is 0 Å². The van der Waals surface area contributed by atoms with E-state index in [9.17, 15) is 0 Å². The third kappa shape index (κ3) is 2.47. The SMILES string of the molecule is CO[Si](OC)(C1=C(C)C(C)CC1C)C1=C(C)C(C)CC1C. The van der Waals surface area contributed by atoms with Crippen LogP contribution < -0.4 is 0 Å². The normalized spacial score (nSPS) is 34.3. The van der Waals surface area contributed by atoms with Crippen molar-refractivity contribution in [2.45, 2.75) is 54.4 Å². The average Bonchev–Trinajstić information content (AvgIpc) is 2.83. The largest absolute Gasteiger partial charge is 0.398 e. The smallest absolute Gasteiger partial charge is 0.391 e. The summed E-state index contributed by atoms with van der Waals surface area (Å²) in [5.74, 6) is 2.47. The van der Waals surface area contributed by atoms with Crippen molar-refractivity contribution in [3.8, 4) is 0 Å². The zero-order valence-corrected chi connectivity index (χ0v) is 16.0. The van der Waals surface area contributed by atoms with Gasteiger partial charge in [-0.05, 0) is 60.8 Å². The van der Waals surface area contributed by atoms with Gasteiger partial charge in [-0.15, -0.1) is 0 Å². The molecule has 0 radical (unpaired) electrons. The molecule has 0 aromatic carbocycles. The van der Waals surface area contributed by atoms with Crippen LogP contribution in [0.5, 0.6) is 0 Å². The number of allylic oxidation sites excluding steroid dienone is 4. The summed E-state index contributed by atoms with van der Waals surface area (Å²) in [7, 11) is 1.27. The van der Waals surface area contributed by atoms with Crippen molar-refractivity contribution in [1.82, 2.24) is 0 Å². The molecule has 120 valence electrons. The molecule has 4 unspecified atom stereocenters. The van der Waals surface area contributed by atoms with E-state index in [2.05, 4.69) is 41.5 Å². The molecular weight excluding hydrogens is 276 g/mol. The van der Waals surface area contributed by atoms with Crippen molar-refractivity contribution in [2.24, 2.45) is 23.7 Å². The monoisotopic (exact) mass is 308 g/mol. The molecule has 21 heavy (non-hydrogen) atoms. The Labute approximate surface area is 131 Å². The van der Waals surface area contributed by atoms with Gasteiger partial charge in [0.2, 0.25) is 0 Å². The predicted molar refractivity (Wildman–Crippen MR) is 91.1 cm³/mol. The lowest BCUT2D eigenvalue weighted by molar-refractivity contribution is 0.254. The summed E-state index contributed by atoms with van der Waals surface area (Å²) in [6.45, 7) is 14.0. The minimum absolute atomic E-state index is 0.579. The molecule has 2 aliphatic rings. The van der Waals surface area contributed by atoms with Gasteiger partial charge in [0.05, 0.1) is 0 Å². The van der Waals surface area contributed by atoms with Crippen molar-refractivity contribution < 1.29 is 8.85 Å². The molecule has 0 fully saturated rings. The molecule has 4 atom stereocenters. The van der Waals surface area contributed by atoms with Crippen molar-refractivity contribution in [2.75, 3.05) is 14.2 Å². The van der Waals surface area contributed by atoms with E-state index < -0.39 is 8.56 Å². The molecule has 0 aromatic rings. The van der Waals surface area contributed by atoms with E-state index in [0.29, 0.717) is 23.7 Å². The van der Waals surface area contributed by atoms with Gasteiger partial charge in [0, 0.05) is 14.2 Å². The first-order valence-corrected chi connectivity index (χ1v) is 10.1. The van der Waals surface area contributed by atoms with Gasteiger partial charge in [0.25, 0.3) is 0 Å². The van der Waals surface area contributed by atoms with Crippen LogP contribution in [0.25, 0.3) is 0 Å². The van der Waals surface area contributed by atoms with Crippen LogP contribution in [0.2, 0.25) is 0 Å². The average molecular weight is 309 g/mol. The van der Waals surface area contributed by atoms with E-state index in [1.54, 1.807) is 0 Å². The number of hydrogen-bond acceptors (Lipinski definition) is 2. The van der Waals surface area contributed by atoms with Crippen LogP contribution in [0.3, 0.4) is 0 Å². The Morgan fingerprint density at radius 2 is 1.05 bits per heavy atom. The number of hydrogen-bond donors (Lipinski definition) is 0. The Morgan fingerprint density at radius 1 is 0.714 bits per heavy atom. The van der Waals surface area contributed by atoms with E-state index in [-0.39, 0.29) is 0 Å². The van der Waals surface area contributed by atoms with Gasteiger partial charge in [-0.2, -0.15) is 0 Å². The summed E-state index contributed by atoms with van der Waals surface area (Å²) in [6.07, 6.45) is 2.47. The molecule has 2 aliphatic carbocycles. The van der Waals surface area contributed by atoms with Crippen LogP contribution in [0, 0.1) is 23.7 Å². The van der Waals surface area contributed by atoms with Gasteiger partial charge in [-0.1, -0.05) is 38.8 Å². The molecular formula is C18H32O2Si. The van der Waals surface area contributed by atoms with Crippen LogP contribution in [0.15, 0.2) is 21.5 Å². The lowest BCUT2D eigenvalue weighted by Gasteiger charge is -2.35. The fourth-order valence-electron chi connectivity index (χ4n) is 4.79. The fourth-order valence-corrected chi connectivity index (χ4v) is 9.20. The topological polar surface area (TPSA) is 18.5 Å². The highest BCUT2D eigenvalue weighted by Gasteiger charge is 2.53. The quantitative estimate of drug-likeness (QED) is 0.696. The fraction of sp³-hybridized carbons (Fsp3) is 0.778. The van der Waals surface area contributed by atoms with E-state index in [0.717, 1.165) is 0 Å². The first kappa shape index (κ1) is 17.0. The molecule has 0 saturated carbocycles. The highest BCUT2D eigenvalue weighted by atomic mass is 28.4. The van der Waals surface area contributed by atoms with Crippen LogP contribution in [-0.4, -0.2) is 22.8 Å². The third-order valence-corrected chi connectivity index (χ3v) is 10.4. The van der Waals surface area contributed by atoms with Gasteiger partial charge < -0.3 is 8.85 Å². The molecule has 0 N–H and O–H groups in total. The summed E-state index contributed by atoms with van der Waals surface area (Å²) in [6, 6.07) is 0. The minimum atomic E-state index is -2.45. The summed E-state index contributed by atoms with van der Waals surface area (Å²) in [4.78, 5) is 0. The first-order valence-electron chi connectivity index (χ1n) is 8.32. The molecule has 0 aromatic heterocycles. The Kier molecular flexibility index (Phi) is 4.86. The van der Waals surface area contributed by atoms with Gasteiger partial charge >= 0.3 is 8.56 Å². The molecule has 0 bridgehead atoms. The summed E-state index contributed by atoms with van der Waals surface area (Å²) < 4.78 is 12.5. The zero-order valence-electron chi connectivity index (χ0n) is 15.0. The van der Waals surface area contributed by atoms with Crippen molar-refractivity contribution in [3.63, 3.8) is 0 Å². The Morgan fingerprint density at radius 3 is 1.24 bits per heavy atom. The molecule has 0 saturated heterocycles. The lowest BCUT2D eigenvalue weighted by Crippen LogP contribution is -2.48. The highest BCUT2D eigenvalue weighted by Crippen LogP contribution is 2.49.